The van der Waals surface area contributed by atoms with Crippen LogP contribution < -0.4 is 10.6 Å². The first-order valence-corrected chi connectivity index (χ1v) is 8.56. The zero-order chi connectivity index (χ0) is 17.5. The number of amides is 3. The van der Waals surface area contributed by atoms with E-state index < -0.39 is 0 Å². The van der Waals surface area contributed by atoms with Gasteiger partial charge in [-0.15, -0.1) is 0 Å². The van der Waals surface area contributed by atoms with Gasteiger partial charge >= 0.3 is 6.03 Å². The summed E-state index contributed by atoms with van der Waals surface area (Å²) in [6.07, 6.45) is 4.98. The minimum Gasteiger partial charge on any atom is -0.339 e. The van der Waals surface area contributed by atoms with Crippen molar-refractivity contribution in [1.29, 1.82) is 0 Å². The normalized spacial score (nSPS) is 14.0. The van der Waals surface area contributed by atoms with Crippen molar-refractivity contribution in [3.63, 3.8) is 0 Å². The van der Waals surface area contributed by atoms with Crippen molar-refractivity contribution in [2.45, 2.75) is 25.8 Å². The molecular formula is C19H22N4O2. The van der Waals surface area contributed by atoms with Crippen molar-refractivity contribution in [3.8, 4) is 0 Å². The summed E-state index contributed by atoms with van der Waals surface area (Å²) in [6.45, 7) is 1.96. The molecule has 1 aromatic carbocycles. The molecule has 2 N–H and O–H groups in total. The van der Waals surface area contributed by atoms with E-state index in [2.05, 4.69) is 15.6 Å². The van der Waals surface area contributed by atoms with Gasteiger partial charge in [0.05, 0.1) is 12.2 Å². The van der Waals surface area contributed by atoms with Crippen LogP contribution in [-0.2, 0) is 6.54 Å². The number of aromatic nitrogens is 1. The molecule has 2 aromatic rings. The maximum absolute atomic E-state index is 12.5. The Balaban J connectivity index is 1.57. The van der Waals surface area contributed by atoms with Crippen molar-refractivity contribution in [2.24, 2.45) is 0 Å². The molecule has 0 bridgehead atoms. The van der Waals surface area contributed by atoms with Gasteiger partial charge in [-0.3, -0.25) is 9.78 Å². The zero-order valence-corrected chi connectivity index (χ0v) is 14.1. The Morgan fingerprint density at radius 1 is 1.04 bits per heavy atom. The van der Waals surface area contributed by atoms with E-state index in [1.165, 1.54) is 6.42 Å². The molecule has 3 rings (SSSR count). The number of likely N-dealkylation sites (tertiary alicyclic amines) is 1. The third kappa shape index (κ3) is 4.79. The average Bonchev–Trinajstić information content (AvgIpc) is 2.67. The first kappa shape index (κ1) is 17.0. The summed E-state index contributed by atoms with van der Waals surface area (Å²) in [7, 11) is 0. The zero-order valence-electron chi connectivity index (χ0n) is 14.1. The lowest BCUT2D eigenvalue weighted by atomic mass is 10.1. The van der Waals surface area contributed by atoms with Crippen LogP contribution >= 0.6 is 0 Å². The lowest BCUT2D eigenvalue weighted by Gasteiger charge is -2.26. The van der Waals surface area contributed by atoms with E-state index in [0.29, 0.717) is 17.8 Å². The molecule has 0 aliphatic carbocycles. The molecule has 6 nitrogen and oxygen atoms in total. The van der Waals surface area contributed by atoms with Crippen LogP contribution in [0.25, 0.3) is 0 Å². The molecular weight excluding hydrogens is 316 g/mol. The largest absolute Gasteiger partial charge is 0.339 e. The van der Waals surface area contributed by atoms with Crippen molar-refractivity contribution in [1.82, 2.24) is 15.2 Å². The van der Waals surface area contributed by atoms with Gasteiger partial charge in [-0.25, -0.2) is 4.79 Å². The van der Waals surface area contributed by atoms with Crippen LogP contribution in [-0.4, -0.2) is 34.9 Å². The molecule has 0 atom stereocenters. The fourth-order valence-corrected chi connectivity index (χ4v) is 2.86. The van der Waals surface area contributed by atoms with E-state index >= 15 is 0 Å². The number of anilines is 1. The van der Waals surface area contributed by atoms with Gasteiger partial charge < -0.3 is 15.5 Å². The Labute approximate surface area is 147 Å². The second-order valence-corrected chi connectivity index (χ2v) is 6.06. The summed E-state index contributed by atoms with van der Waals surface area (Å²) in [4.78, 5) is 30.6. The smallest absolute Gasteiger partial charge is 0.319 e. The van der Waals surface area contributed by atoms with Crippen molar-refractivity contribution in [3.05, 3.63) is 59.9 Å². The lowest BCUT2D eigenvalue weighted by Crippen LogP contribution is -2.35. The molecule has 0 unspecified atom stereocenters. The SMILES string of the molecule is O=C(NCc1ccccn1)Nc1cccc(C(=O)N2CCCCC2)c1. The van der Waals surface area contributed by atoms with Crippen LogP contribution in [0.15, 0.2) is 48.7 Å². The molecule has 2 heterocycles. The van der Waals surface area contributed by atoms with Gasteiger partial charge in [0.2, 0.25) is 0 Å². The van der Waals surface area contributed by atoms with Crippen LogP contribution in [0.3, 0.4) is 0 Å². The Hall–Kier alpha value is -2.89. The topological polar surface area (TPSA) is 74.3 Å². The van der Waals surface area contributed by atoms with Gasteiger partial charge in [-0.1, -0.05) is 12.1 Å². The van der Waals surface area contributed by atoms with Crippen molar-refractivity contribution >= 4 is 17.6 Å². The Morgan fingerprint density at radius 3 is 2.64 bits per heavy atom. The number of benzene rings is 1. The molecule has 0 radical (unpaired) electrons. The monoisotopic (exact) mass is 338 g/mol. The molecule has 1 fully saturated rings. The molecule has 130 valence electrons. The minimum atomic E-state index is -0.326. The molecule has 1 aliphatic heterocycles. The standard InChI is InChI=1S/C19H22N4O2/c24-18(23-11-4-1-5-12-23)15-7-6-9-16(13-15)22-19(25)21-14-17-8-2-3-10-20-17/h2-3,6-10,13H,1,4-5,11-12,14H2,(H2,21,22,25). The predicted molar refractivity (Wildman–Crippen MR) is 96.3 cm³/mol. The van der Waals surface area contributed by atoms with E-state index in [9.17, 15) is 9.59 Å². The number of hydrogen-bond acceptors (Lipinski definition) is 3. The van der Waals surface area contributed by atoms with Crippen molar-refractivity contribution < 1.29 is 9.59 Å². The maximum atomic E-state index is 12.5. The third-order valence-corrected chi connectivity index (χ3v) is 4.17. The van der Waals surface area contributed by atoms with E-state index in [4.69, 9.17) is 0 Å². The predicted octanol–water partition coefficient (Wildman–Crippen LogP) is 3.03. The highest BCUT2D eigenvalue weighted by molar-refractivity contribution is 5.97. The molecule has 3 amide bonds. The molecule has 1 aromatic heterocycles. The van der Waals surface area contributed by atoms with Gasteiger partial charge in [0, 0.05) is 30.5 Å². The summed E-state index contributed by atoms with van der Waals surface area (Å²) in [5, 5.41) is 5.51. The van der Waals surface area contributed by atoms with Gasteiger partial charge in [0.15, 0.2) is 0 Å². The third-order valence-electron chi connectivity index (χ3n) is 4.17. The van der Waals surface area contributed by atoms with Gasteiger partial charge in [-0.2, -0.15) is 0 Å². The second-order valence-electron chi connectivity index (χ2n) is 6.06. The Kier molecular flexibility index (Phi) is 5.61. The summed E-state index contributed by atoms with van der Waals surface area (Å²) >= 11 is 0. The Morgan fingerprint density at radius 2 is 1.88 bits per heavy atom. The van der Waals surface area contributed by atoms with E-state index in [0.717, 1.165) is 31.6 Å². The first-order valence-electron chi connectivity index (χ1n) is 8.56. The number of rotatable bonds is 4. The van der Waals surface area contributed by atoms with E-state index in [1.807, 2.05) is 23.1 Å². The summed E-state index contributed by atoms with van der Waals surface area (Å²) in [5.74, 6) is 0.0252. The molecule has 1 aliphatic rings. The highest BCUT2D eigenvalue weighted by Gasteiger charge is 2.18. The van der Waals surface area contributed by atoms with Crippen LogP contribution in [0.5, 0.6) is 0 Å². The molecule has 6 heteroatoms. The quantitative estimate of drug-likeness (QED) is 0.900. The summed E-state index contributed by atoms with van der Waals surface area (Å²) < 4.78 is 0. The highest BCUT2D eigenvalue weighted by atomic mass is 16.2. The van der Waals surface area contributed by atoms with E-state index in [1.54, 1.807) is 30.5 Å². The minimum absolute atomic E-state index is 0.0252. The number of pyridine rings is 1. The number of carbonyl (C=O) groups excluding carboxylic acids is 2. The van der Waals surface area contributed by atoms with Crippen LogP contribution in [0.4, 0.5) is 10.5 Å². The molecule has 0 spiro atoms. The average molecular weight is 338 g/mol. The molecule has 1 saturated heterocycles. The fraction of sp³-hybridized carbons (Fsp3) is 0.316. The van der Waals surface area contributed by atoms with Gasteiger partial charge in [-0.05, 0) is 49.6 Å². The lowest BCUT2D eigenvalue weighted by molar-refractivity contribution is 0.0724. The number of nitrogens with zero attached hydrogens (tertiary/aromatic N) is 2. The second kappa shape index (κ2) is 8.28. The number of hydrogen-bond donors (Lipinski definition) is 2. The van der Waals surface area contributed by atoms with E-state index in [-0.39, 0.29) is 11.9 Å². The van der Waals surface area contributed by atoms with Crippen LogP contribution in [0.1, 0.15) is 35.3 Å². The van der Waals surface area contributed by atoms with Gasteiger partial charge in [0.1, 0.15) is 0 Å². The Bertz CT molecular complexity index is 727. The first-order chi connectivity index (χ1) is 12.2. The number of nitrogens with one attached hydrogen (secondary N) is 2. The molecule has 0 saturated carbocycles. The van der Waals surface area contributed by atoms with Crippen molar-refractivity contribution in [2.75, 3.05) is 18.4 Å². The number of carbonyl (C=O) groups is 2. The summed E-state index contributed by atoms with van der Waals surface area (Å²) in [6, 6.07) is 12.3. The maximum Gasteiger partial charge on any atom is 0.319 e. The fourth-order valence-electron chi connectivity index (χ4n) is 2.86. The summed E-state index contributed by atoms with van der Waals surface area (Å²) in [5.41, 5.74) is 1.98. The van der Waals surface area contributed by atoms with Gasteiger partial charge in [0.25, 0.3) is 5.91 Å². The van der Waals surface area contributed by atoms with Crippen LogP contribution in [0.2, 0.25) is 0 Å². The highest BCUT2D eigenvalue weighted by Crippen LogP contribution is 2.16. The molecule has 25 heavy (non-hydrogen) atoms. The van der Waals surface area contributed by atoms with Crippen LogP contribution in [0, 0.1) is 0 Å². The number of urea groups is 1. The number of piperidine rings is 1.